The van der Waals surface area contributed by atoms with Crippen molar-refractivity contribution in [3.05, 3.63) is 65.7 Å². The van der Waals surface area contributed by atoms with Crippen molar-refractivity contribution < 1.29 is 18.7 Å². The molecule has 1 aliphatic heterocycles. The molecule has 4 aromatic heterocycles. The highest BCUT2D eigenvalue weighted by atomic mass is 16.5. The number of ether oxygens (including phenoxy) is 3. The molecule has 0 bridgehead atoms. The van der Waals surface area contributed by atoms with Crippen LogP contribution in [0.15, 0.2) is 53.2 Å². The SMILES string of the molecule is COCc1cc(-c2nnc3c4ccccc4c(OCc4ccc(C[C@@H]5CCCO5)cn4)nn23)no1. The zero-order valence-corrected chi connectivity index (χ0v) is 19.3. The Morgan fingerprint density at radius 2 is 2.00 bits per heavy atom. The summed E-state index contributed by atoms with van der Waals surface area (Å²) in [5.74, 6) is 1.50. The highest BCUT2D eigenvalue weighted by Gasteiger charge is 2.19. The smallest absolute Gasteiger partial charge is 0.240 e. The molecule has 35 heavy (non-hydrogen) atoms. The van der Waals surface area contributed by atoms with Crippen molar-refractivity contribution in [2.45, 2.75) is 38.6 Å². The van der Waals surface area contributed by atoms with Gasteiger partial charge in [0.25, 0.3) is 0 Å². The van der Waals surface area contributed by atoms with Gasteiger partial charge in [-0.25, -0.2) is 0 Å². The lowest BCUT2D eigenvalue weighted by Gasteiger charge is -2.11. The number of methoxy groups -OCH3 is 1. The van der Waals surface area contributed by atoms with E-state index in [2.05, 4.69) is 26.4 Å². The highest BCUT2D eigenvalue weighted by Crippen LogP contribution is 2.29. The molecular formula is C25H24N6O4. The molecule has 0 spiro atoms. The molecule has 5 aromatic rings. The summed E-state index contributed by atoms with van der Waals surface area (Å²) >= 11 is 0. The lowest BCUT2D eigenvalue weighted by molar-refractivity contribution is 0.111. The summed E-state index contributed by atoms with van der Waals surface area (Å²) in [5, 5.41) is 19.2. The van der Waals surface area contributed by atoms with Gasteiger partial charge in [0.2, 0.25) is 11.7 Å². The van der Waals surface area contributed by atoms with E-state index in [1.807, 2.05) is 36.5 Å². The van der Waals surface area contributed by atoms with E-state index in [1.165, 1.54) is 5.56 Å². The number of pyridine rings is 1. The predicted molar refractivity (Wildman–Crippen MR) is 126 cm³/mol. The van der Waals surface area contributed by atoms with E-state index >= 15 is 0 Å². The average molecular weight is 473 g/mol. The van der Waals surface area contributed by atoms with E-state index in [1.54, 1.807) is 17.7 Å². The van der Waals surface area contributed by atoms with Crippen LogP contribution in [0.3, 0.4) is 0 Å². The zero-order chi connectivity index (χ0) is 23.6. The predicted octanol–water partition coefficient (Wildman–Crippen LogP) is 3.77. The van der Waals surface area contributed by atoms with E-state index in [0.717, 1.165) is 42.3 Å². The quantitative estimate of drug-likeness (QED) is 0.333. The maximum Gasteiger partial charge on any atom is 0.240 e. The number of hydrogen-bond acceptors (Lipinski definition) is 9. The van der Waals surface area contributed by atoms with Crippen LogP contribution in [0.5, 0.6) is 5.88 Å². The molecule has 1 fully saturated rings. The molecule has 0 N–H and O–H groups in total. The number of aromatic nitrogens is 6. The van der Waals surface area contributed by atoms with E-state index in [0.29, 0.717) is 41.5 Å². The standard InChI is InChI=1S/C25H24N6O4/c1-32-15-19-12-22(30-35-19)24-28-27-23-20-6-2-3-7-21(20)25(29-31(23)24)34-14-17-9-8-16(13-26-17)11-18-5-4-10-33-18/h2-3,6-9,12-13,18H,4-5,10-11,14-15H2,1H3/t18-/m0/s1. The van der Waals surface area contributed by atoms with Crippen molar-refractivity contribution in [3.63, 3.8) is 0 Å². The zero-order valence-electron chi connectivity index (χ0n) is 19.3. The molecule has 0 unspecified atom stereocenters. The van der Waals surface area contributed by atoms with Gasteiger partial charge >= 0.3 is 0 Å². The van der Waals surface area contributed by atoms with Crippen LogP contribution >= 0.6 is 0 Å². The molecule has 0 saturated carbocycles. The lowest BCUT2D eigenvalue weighted by Crippen LogP contribution is -2.09. The number of hydrogen-bond donors (Lipinski definition) is 0. The molecule has 1 aliphatic rings. The molecular weight excluding hydrogens is 448 g/mol. The Morgan fingerprint density at radius 3 is 2.80 bits per heavy atom. The normalized spacial score (nSPS) is 15.9. The second kappa shape index (κ2) is 9.40. The summed E-state index contributed by atoms with van der Waals surface area (Å²) in [6.07, 6.45) is 5.33. The Balaban J connectivity index is 1.28. The van der Waals surface area contributed by atoms with Gasteiger partial charge < -0.3 is 18.7 Å². The van der Waals surface area contributed by atoms with Crippen LogP contribution in [0, 0.1) is 0 Å². The van der Waals surface area contributed by atoms with Crippen molar-refractivity contribution in [2.24, 2.45) is 0 Å². The molecule has 178 valence electrons. The molecule has 10 nitrogen and oxygen atoms in total. The third-order valence-corrected chi connectivity index (χ3v) is 6.03. The summed E-state index contributed by atoms with van der Waals surface area (Å²) in [6.45, 7) is 1.45. The minimum Gasteiger partial charge on any atom is -0.470 e. The van der Waals surface area contributed by atoms with Crippen LogP contribution < -0.4 is 4.74 Å². The van der Waals surface area contributed by atoms with Gasteiger partial charge in [-0.05, 0) is 30.5 Å². The Hall–Kier alpha value is -3.89. The number of benzene rings is 1. The Bertz CT molecular complexity index is 1460. The molecule has 0 aliphatic carbocycles. The molecule has 1 saturated heterocycles. The van der Waals surface area contributed by atoms with Gasteiger partial charge in [-0.15, -0.1) is 15.3 Å². The summed E-state index contributed by atoms with van der Waals surface area (Å²) in [7, 11) is 1.60. The first-order valence-corrected chi connectivity index (χ1v) is 11.6. The van der Waals surface area contributed by atoms with Gasteiger partial charge in [0, 0.05) is 43.2 Å². The molecule has 5 heterocycles. The van der Waals surface area contributed by atoms with Gasteiger partial charge in [0.15, 0.2) is 17.1 Å². The molecule has 6 rings (SSSR count). The largest absolute Gasteiger partial charge is 0.470 e. The fourth-order valence-corrected chi connectivity index (χ4v) is 4.32. The second-order valence-corrected chi connectivity index (χ2v) is 8.51. The van der Waals surface area contributed by atoms with Crippen LogP contribution in [0.1, 0.15) is 29.9 Å². The number of rotatable bonds is 8. The first-order valence-electron chi connectivity index (χ1n) is 11.6. The van der Waals surface area contributed by atoms with Crippen LogP contribution in [0.25, 0.3) is 27.9 Å². The average Bonchev–Trinajstić information content (AvgIpc) is 3.65. The third-order valence-electron chi connectivity index (χ3n) is 6.03. The van der Waals surface area contributed by atoms with E-state index in [-0.39, 0.29) is 6.61 Å². The maximum atomic E-state index is 6.15. The van der Waals surface area contributed by atoms with Crippen LogP contribution in [-0.4, -0.2) is 49.8 Å². The van der Waals surface area contributed by atoms with Crippen molar-refractivity contribution in [3.8, 4) is 17.4 Å². The van der Waals surface area contributed by atoms with Crippen molar-refractivity contribution in [2.75, 3.05) is 13.7 Å². The fourth-order valence-electron chi connectivity index (χ4n) is 4.32. The van der Waals surface area contributed by atoms with Crippen LogP contribution in [0.2, 0.25) is 0 Å². The fraction of sp³-hybridized carbons (Fsp3) is 0.320. The third kappa shape index (κ3) is 4.33. The molecule has 0 radical (unpaired) electrons. The summed E-state index contributed by atoms with van der Waals surface area (Å²) in [4.78, 5) is 4.58. The van der Waals surface area contributed by atoms with Crippen molar-refractivity contribution in [1.82, 2.24) is 30.0 Å². The first-order chi connectivity index (χ1) is 17.3. The Kier molecular flexibility index (Phi) is 5.81. The highest BCUT2D eigenvalue weighted by molar-refractivity contribution is 5.96. The van der Waals surface area contributed by atoms with E-state index in [4.69, 9.17) is 23.8 Å². The van der Waals surface area contributed by atoms with Gasteiger partial charge in [0.05, 0.1) is 11.8 Å². The maximum absolute atomic E-state index is 6.15. The van der Waals surface area contributed by atoms with E-state index in [9.17, 15) is 0 Å². The van der Waals surface area contributed by atoms with Gasteiger partial charge in [-0.3, -0.25) is 4.98 Å². The van der Waals surface area contributed by atoms with Gasteiger partial charge in [0.1, 0.15) is 13.2 Å². The molecule has 10 heteroatoms. The van der Waals surface area contributed by atoms with Crippen LogP contribution in [-0.2, 0) is 29.1 Å². The molecule has 0 amide bonds. The summed E-state index contributed by atoms with van der Waals surface area (Å²) in [5.41, 5.74) is 3.11. The van der Waals surface area contributed by atoms with E-state index < -0.39 is 0 Å². The molecule has 1 atom stereocenters. The number of fused-ring (bicyclic) bond motifs is 3. The first kappa shape index (κ1) is 21.6. The minimum absolute atomic E-state index is 0.280. The minimum atomic E-state index is 0.280. The van der Waals surface area contributed by atoms with Crippen LogP contribution in [0.4, 0.5) is 0 Å². The van der Waals surface area contributed by atoms with Gasteiger partial charge in [-0.2, -0.15) is 4.52 Å². The Labute approximate surface area is 200 Å². The second-order valence-electron chi connectivity index (χ2n) is 8.51. The monoisotopic (exact) mass is 472 g/mol. The van der Waals surface area contributed by atoms with Crippen molar-refractivity contribution >= 4 is 16.4 Å². The summed E-state index contributed by atoms with van der Waals surface area (Å²) < 4.78 is 23.9. The topological polar surface area (TPSA) is 110 Å². The Morgan fingerprint density at radius 1 is 1.09 bits per heavy atom. The summed E-state index contributed by atoms with van der Waals surface area (Å²) in [6, 6.07) is 13.6. The number of nitrogens with zero attached hydrogens (tertiary/aromatic N) is 6. The lowest BCUT2D eigenvalue weighted by atomic mass is 10.1. The van der Waals surface area contributed by atoms with Crippen molar-refractivity contribution in [1.29, 1.82) is 0 Å². The van der Waals surface area contributed by atoms with Gasteiger partial charge in [-0.1, -0.05) is 29.4 Å². The molecule has 1 aromatic carbocycles.